The minimum absolute atomic E-state index is 0.375. The van der Waals surface area contributed by atoms with Crippen molar-refractivity contribution in [3.63, 3.8) is 0 Å². The minimum Gasteiger partial charge on any atom is -0.493 e. The third-order valence-corrected chi connectivity index (χ3v) is 7.78. The lowest BCUT2D eigenvalue weighted by atomic mass is 9.88. The van der Waals surface area contributed by atoms with Crippen LogP contribution in [-0.4, -0.2) is 50.0 Å². The second-order valence-corrected chi connectivity index (χ2v) is 10.2. The first-order valence-corrected chi connectivity index (χ1v) is 12.9. The molecule has 2 aliphatic heterocycles. The maximum atomic E-state index is 13.3. The number of alkyl halides is 3. The van der Waals surface area contributed by atoms with E-state index >= 15 is 0 Å². The number of halogens is 3. The summed E-state index contributed by atoms with van der Waals surface area (Å²) in [6.45, 7) is 7.02. The fourth-order valence-electron chi connectivity index (χ4n) is 5.69. The maximum absolute atomic E-state index is 13.3. The topological polar surface area (TPSA) is 56.5 Å². The van der Waals surface area contributed by atoms with Crippen molar-refractivity contribution in [3.05, 3.63) is 53.6 Å². The summed E-state index contributed by atoms with van der Waals surface area (Å²) < 4.78 is 46.9. The molecule has 0 atom stereocenters. The highest BCUT2D eigenvalue weighted by Gasteiger charge is 2.36. The molecule has 1 N–H and O–H groups in total. The second-order valence-electron chi connectivity index (χ2n) is 10.2. The van der Waals surface area contributed by atoms with Crippen molar-refractivity contribution in [2.24, 2.45) is 0 Å². The lowest BCUT2D eigenvalue weighted by Crippen LogP contribution is -2.46. The SMILES string of the molecule is CCC[N+]1(c2ccc(OCCC3(O)CCN(c4ccc(C#N)c(C(F)(F)F)c4)CC3)cc2)CCCC1. The van der Waals surface area contributed by atoms with Crippen molar-refractivity contribution in [3.8, 4) is 11.8 Å². The number of nitrogens with zero attached hydrogens (tertiary/aromatic N) is 3. The number of piperidine rings is 1. The molecule has 0 spiro atoms. The van der Waals surface area contributed by atoms with Gasteiger partial charge in [0.1, 0.15) is 11.4 Å². The normalized spacial score (nSPS) is 19.2. The molecule has 0 amide bonds. The van der Waals surface area contributed by atoms with Gasteiger partial charge >= 0.3 is 6.18 Å². The molecule has 2 aromatic rings. The average molecular weight is 503 g/mol. The van der Waals surface area contributed by atoms with Crippen LogP contribution in [0.25, 0.3) is 0 Å². The van der Waals surface area contributed by atoms with Crippen molar-refractivity contribution in [1.82, 2.24) is 4.48 Å². The summed E-state index contributed by atoms with van der Waals surface area (Å²) in [5.41, 5.74) is -0.463. The zero-order valence-electron chi connectivity index (χ0n) is 20.9. The molecule has 36 heavy (non-hydrogen) atoms. The summed E-state index contributed by atoms with van der Waals surface area (Å²) in [5.74, 6) is 0.783. The van der Waals surface area contributed by atoms with Crippen molar-refractivity contribution in [1.29, 1.82) is 5.26 Å². The van der Waals surface area contributed by atoms with E-state index in [4.69, 9.17) is 10.00 Å². The molecular formula is C28H35F3N3O2+. The van der Waals surface area contributed by atoms with Gasteiger partial charge in [-0.25, -0.2) is 0 Å². The van der Waals surface area contributed by atoms with Crippen LogP contribution in [-0.2, 0) is 6.18 Å². The largest absolute Gasteiger partial charge is 0.493 e. The number of benzene rings is 2. The van der Waals surface area contributed by atoms with E-state index in [0.29, 0.717) is 44.6 Å². The van der Waals surface area contributed by atoms with Gasteiger partial charge in [0.15, 0.2) is 0 Å². The van der Waals surface area contributed by atoms with Gasteiger partial charge in [-0.3, -0.25) is 4.48 Å². The first kappa shape index (κ1) is 26.3. The van der Waals surface area contributed by atoms with E-state index in [1.807, 2.05) is 17.0 Å². The number of anilines is 1. The molecule has 0 bridgehead atoms. The van der Waals surface area contributed by atoms with Gasteiger partial charge < -0.3 is 14.7 Å². The van der Waals surface area contributed by atoms with Gasteiger partial charge in [0.25, 0.3) is 0 Å². The number of quaternary nitrogens is 1. The molecule has 8 heteroatoms. The van der Waals surface area contributed by atoms with Crippen molar-refractivity contribution < 1.29 is 23.0 Å². The molecule has 2 aliphatic rings. The molecule has 194 valence electrons. The Morgan fingerprint density at radius 2 is 1.75 bits per heavy atom. The monoisotopic (exact) mass is 502 g/mol. The third-order valence-electron chi connectivity index (χ3n) is 7.78. The number of likely N-dealkylation sites (tertiary alicyclic amines) is 1. The lowest BCUT2D eigenvalue weighted by Gasteiger charge is -2.39. The van der Waals surface area contributed by atoms with Crippen LogP contribution in [0, 0.1) is 11.3 Å². The third kappa shape index (κ3) is 5.79. The van der Waals surface area contributed by atoms with Crippen LogP contribution in [0.2, 0.25) is 0 Å². The van der Waals surface area contributed by atoms with Crippen molar-refractivity contribution in [2.75, 3.05) is 44.2 Å². The van der Waals surface area contributed by atoms with Crippen LogP contribution in [0.4, 0.5) is 24.5 Å². The number of hydrogen-bond donors (Lipinski definition) is 1. The highest BCUT2D eigenvalue weighted by molar-refractivity contribution is 5.55. The zero-order chi connectivity index (χ0) is 25.8. The number of ether oxygens (including phenoxy) is 1. The highest BCUT2D eigenvalue weighted by Crippen LogP contribution is 2.36. The molecule has 0 aliphatic carbocycles. The number of hydrogen-bond acceptors (Lipinski definition) is 4. The zero-order valence-corrected chi connectivity index (χ0v) is 20.9. The first-order valence-electron chi connectivity index (χ1n) is 12.9. The quantitative estimate of drug-likeness (QED) is 0.458. The Balaban J connectivity index is 1.30. The molecule has 0 radical (unpaired) electrons. The fraction of sp³-hybridized carbons (Fsp3) is 0.536. The Morgan fingerprint density at radius 3 is 2.33 bits per heavy atom. The Bertz CT molecular complexity index is 1060. The van der Waals surface area contributed by atoms with Gasteiger partial charge in [-0.05, 0) is 49.6 Å². The summed E-state index contributed by atoms with van der Waals surface area (Å²) in [5, 5.41) is 20.0. The van der Waals surface area contributed by atoms with Gasteiger partial charge in [0.2, 0.25) is 0 Å². The minimum atomic E-state index is -4.58. The van der Waals surface area contributed by atoms with E-state index in [1.54, 1.807) is 12.1 Å². The smallest absolute Gasteiger partial charge is 0.417 e. The Hall–Kier alpha value is -2.76. The molecular weight excluding hydrogens is 467 g/mol. The first-order chi connectivity index (χ1) is 17.2. The Labute approximate surface area is 211 Å². The highest BCUT2D eigenvalue weighted by atomic mass is 19.4. The van der Waals surface area contributed by atoms with Crippen LogP contribution in [0.3, 0.4) is 0 Å². The van der Waals surface area contributed by atoms with E-state index in [0.717, 1.165) is 29.3 Å². The van der Waals surface area contributed by atoms with Crippen LogP contribution in [0.1, 0.15) is 56.6 Å². The van der Waals surface area contributed by atoms with Crippen LogP contribution >= 0.6 is 0 Å². The molecule has 0 saturated carbocycles. The van der Waals surface area contributed by atoms with Gasteiger partial charge in [0, 0.05) is 50.2 Å². The lowest BCUT2D eigenvalue weighted by molar-refractivity contribution is -0.137. The summed E-state index contributed by atoms with van der Waals surface area (Å²) in [4.78, 5) is 1.83. The van der Waals surface area contributed by atoms with Gasteiger partial charge in [-0.15, -0.1) is 0 Å². The van der Waals surface area contributed by atoms with Crippen molar-refractivity contribution in [2.45, 2.75) is 57.2 Å². The van der Waals surface area contributed by atoms with E-state index < -0.39 is 17.3 Å². The molecule has 0 aromatic heterocycles. The summed E-state index contributed by atoms with van der Waals surface area (Å²) >= 11 is 0. The molecule has 2 saturated heterocycles. The number of nitriles is 1. The van der Waals surface area contributed by atoms with E-state index in [9.17, 15) is 18.3 Å². The maximum Gasteiger partial charge on any atom is 0.417 e. The fourth-order valence-corrected chi connectivity index (χ4v) is 5.69. The van der Waals surface area contributed by atoms with Crippen LogP contribution < -0.4 is 14.1 Å². The predicted octanol–water partition coefficient (Wildman–Crippen LogP) is 5.89. The summed E-state index contributed by atoms with van der Waals surface area (Å²) in [7, 11) is 0. The van der Waals surface area contributed by atoms with Gasteiger partial charge in [-0.2, -0.15) is 18.4 Å². The standard InChI is InChI=1S/C28H35F3N3O2/c1-2-16-34(17-3-4-18-34)24-7-9-25(10-8-24)36-19-13-27(35)11-14-33(15-12-27)23-6-5-22(21-32)26(20-23)28(29,30)31/h5-10,20,35H,2-4,11-19H2,1H3/q+1. The average Bonchev–Trinajstić information content (AvgIpc) is 3.34. The van der Waals surface area contributed by atoms with Crippen molar-refractivity contribution >= 4 is 11.4 Å². The van der Waals surface area contributed by atoms with E-state index in [1.165, 1.54) is 37.7 Å². The van der Waals surface area contributed by atoms with E-state index in [-0.39, 0.29) is 5.56 Å². The number of aliphatic hydroxyl groups is 1. The molecule has 2 aromatic carbocycles. The van der Waals surface area contributed by atoms with Gasteiger partial charge in [0.05, 0.1) is 49.0 Å². The predicted molar refractivity (Wildman–Crippen MR) is 135 cm³/mol. The molecule has 5 nitrogen and oxygen atoms in total. The second kappa shape index (κ2) is 10.7. The Kier molecular flexibility index (Phi) is 7.82. The van der Waals surface area contributed by atoms with E-state index in [2.05, 4.69) is 19.1 Å². The van der Waals surface area contributed by atoms with Crippen LogP contribution in [0.15, 0.2) is 42.5 Å². The number of rotatable bonds is 8. The molecule has 2 heterocycles. The molecule has 0 unspecified atom stereocenters. The molecule has 4 rings (SSSR count). The Morgan fingerprint density at radius 1 is 1.08 bits per heavy atom. The molecule has 2 fully saturated rings. The summed E-state index contributed by atoms with van der Waals surface area (Å²) in [6, 6.07) is 13.8. The van der Waals surface area contributed by atoms with Crippen LogP contribution in [0.5, 0.6) is 5.75 Å². The van der Waals surface area contributed by atoms with Gasteiger partial charge in [-0.1, -0.05) is 6.92 Å². The summed E-state index contributed by atoms with van der Waals surface area (Å²) in [6.07, 6.45) is 0.440.